The van der Waals surface area contributed by atoms with Crippen LogP contribution in [0.1, 0.15) is 25.0 Å². The van der Waals surface area contributed by atoms with Gasteiger partial charge in [-0.1, -0.05) is 17.8 Å². The molecule has 1 heterocycles. The van der Waals surface area contributed by atoms with Crippen LogP contribution < -0.4 is 10.5 Å². The van der Waals surface area contributed by atoms with E-state index < -0.39 is 10.0 Å². The maximum atomic E-state index is 12.0. The molecule has 0 saturated heterocycles. The van der Waals surface area contributed by atoms with E-state index in [4.69, 9.17) is 5.14 Å². The number of fused-ring (bicyclic) bond motifs is 1. The van der Waals surface area contributed by atoms with Crippen LogP contribution in [0.15, 0.2) is 4.21 Å². The highest BCUT2D eigenvalue weighted by molar-refractivity contribution is 7.91. The smallest absolute Gasteiger partial charge is 0.249 e. The molecule has 0 aromatic carbocycles. The van der Waals surface area contributed by atoms with Crippen LogP contribution in [0.25, 0.3) is 0 Å². The van der Waals surface area contributed by atoms with Crippen molar-refractivity contribution in [2.75, 3.05) is 5.32 Å². The summed E-state index contributed by atoms with van der Waals surface area (Å²) in [5.74, 6) is 1.11. The highest BCUT2D eigenvalue weighted by Crippen LogP contribution is 2.57. The van der Waals surface area contributed by atoms with E-state index in [0.717, 1.165) is 24.2 Å². The van der Waals surface area contributed by atoms with Crippen molar-refractivity contribution in [2.24, 2.45) is 22.9 Å². The van der Waals surface area contributed by atoms with Crippen LogP contribution in [-0.4, -0.2) is 19.3 Å². The standard InChI is InChI=1S/C11H15N3O3S2/c1-5-10(19(12,16)17)18-11(13-5)14-9(15)8-6-3-2-4-7(6)8/h6-8H,2-4H2,1H3,(H2,12,16,17)(H,13,14,15). The Morgan fingerprint density at radius 3 is 2.58 bits per heavy atom. The lowest BCUT2D eigenvalue weighted by Gasteiger charge is -2.02. The third-order valence-electron chi connectivity index (χ3n) is 3.95. The Morgan fingerprint density at radius 2 is 2.05 bits per heavy atom. The van der Waals surface area contributed by atoms with Crippen molar-refractivity contribution < 1.29 is 13.2 Å². The third-order valence-corrected chi connectivity index (χ3v) is 6.58. The summed E-state index contributed by atoms with van der Waals surface area (Å²) in [6.07, 6.45) is 3.47. The number of rotatable bonds is 3. The number of carbonyl (C=O) groups excluding carboxylic acids is 1. The number of amides is 1. The van der Waals surface area contributed by atoms with Crippen LogP contribution in [0.4, 0.5) is 5.13 Å². The largest absolute Gasteiger partial charge is 0.302 e. The number of primary sulfonamides is 1. The first-order valence-electron chi connectivity index (χ1n) is 6.19. The zero-order valence-electron chi connectivity index (χ0n) is 10.4. The zero-order chi connectivity index (χ0) is 13.8. The van der Waals surface area contributed by atoms with E-state index in [0.29, 0.717) is 22.7 Å². The molecule has 3 rings (SSSR count). The van der Waals surface area contributed by atoms with E-state index in [9.17, 15) is 13.2 Å². The van der Waals surface area contributed by atoms with Gasteiger partial charge in [0.05, 0.1) is 5.69 Å². The monoisotopic (exact) mass is 301 g/mol. The van der Waals surface area contributed by atoms with Gasteiger partial charge in [0.1, 0.15) is 0 Å². The number of anilines is 1. The summed E-state index contributed by atoms with van der Waals surface area (Å²) >= 11 is 0.912. The van der Waals surface area contributed by atoms with Crippen molar-refractivity contribution in [3.05, 3.63) is 5.69 Å². The SMILES string of the molecule is Cc1nc(NC(=O)C2C3CCCC32)sc1S(N)(=O)=O. The maximum absolute atomic E-state index is 12.0. The molecule has 2 fully saturated rings. The lowest BCUT2D eigenvalue weighted by molar-refractivity contribution is -0.118. The molecule has 2 aliphatic carbocycles. The van der Waals surface area contributed by atoms with E-state index in [1.165, 1.54) is 6.42 Å². The number of nitrogens with one attached hydrogen (secondary N) is 1. The molecule has 0 aliphatic heterocycles. The lowest BCUT2D eigenvalue weighted by Crippen LogP contribution is -2.16. The molecule has 0 bridgehead atoms. The van der Waals surface area contributed by atoms with Gasteiger partial charge >= 0.3 is 0 Å². The van der Waals surface area contributed by atoms with Crippen molar-refractivity contribution in [3.8, 4) is 0 Å². The van der Waals surface area contributed by atoms with Crippen molar-refractivity contribution in [3.63, 3.8) is 0 Å². The zero-order valence-corrected chi connectivity index (χ0v) is 12.1. The molecule has 3 N–H and O–H groups in total. The van der Waals surface area contributed by atoms with Crippen LogP contribution in [0.5, 0.6) is 0 Å². The number of thiazole rings is 1. The van der Waals surface area contributed by atoms with E-state index in [1.807, 2.05) is 0 Å². The molecule has 2 atom stereocenters. The van der Waals surface area contributed by atoms with Gasteiger partial charge < -0.3 is 5.32 Å². The summed E-state index contributed by atoms with van der Waals surface area (Å²) in [6.45, 7) is 1.57. The normalized spacial score (nSPS) is 29.1. The molecule has 19 heavy (non-hydrogen) atoms. The number of sulfonamides is 1. The van der Waals surface area contributed by atoms with Crippen LogP contribution >= 0.6 is 11.3 Å². The molecule has 6 nitrogen and oxygen atoms in total. The summed E-state index contributed by atoms with van der Waals surface area (Å²) in [4.78, 5) is 16.1. The highest BCUT2D eigenvalue weighted by Gasteiger charge is 2.56. The minimum Gasteiger partial charge on any atom is -0.302 e. The van der Waals surface area contributed by atoms with Gasteiger partial charge in [-0.05, 0) is 31.6 Å². The average molecular weight is 301 g/mol. The first-order chi connectivity index (χ1) is 8.88. The number of nitrogens with two attached hydrogens (primary N) is 1. The first kappa shape index (κ1) is 13.0. The van der Waals surface area contributed by atoms with Gasteiger partial charge in [0, 0.05) is 5.92 Å². The van der Waals surface area contributed by atoms with Gasteiger partial charge in [-0.15, -0.1) is 0 Å². The minimum absolute atomic E-state index is 0.0128. The minimum atomic E-state index is -3.76. The molecular weight excluding hydrogens is 286 g/mol. The Labute approximate surface area is 115 Å². The Morgan fingerprint density at radius 1 is 1.42 bits per heavy atom. The number of carbonyl (C=O) groups is 1. The average Bonchev–Trinajstić information content (AvgIpc) is 2.67. The molecule has 2 aliphatic rings. The summed E-state index contributed by atoms with van der Waals surface area (Å²) in [7, 11) is -3.76. The predicted molar refractivity (Wildman–Crippen MR) is 71.2 cm³/mol. The Bertz CT molecular complexity index is 628. The van der Waals surface area contributed by atoms with Crippen molar-refractivity contribution in [1.29, 1.82) is 0 Å². The van der Waals surface area contributed by atoms with Crippen LogP contribution in [0, 0.1) is 24.7 Å². The summed E-state index contributed by atoms with van der Waals surface area (Å²) in [5.41, 5.74) is 0.332. The lowest BCUT2D eigenvalue weighted by atomic mass is 10.1. The van der Waals surface area contributed by atoms with E-state index in [1.54, 1.807) is 6.92 Å². The second-order valence-electron chi connectivity index (χ2n) is 5.21. The molecule has 2 saturated carbocycles. The number of hydrogen-bond acceptors (Lipinski definition) is 5. The molecule has 2 unspecified atom stereocenters. The highest BCUT2D eigenvalue weighted by atomic mass is 32.2. The molecule has 0 spiro atoms. The van der Waals surface area contributed by atoms with Gasteiger partial charge in [0.25, 0.3) is 0 Å². The van der Waals surface area contributed by atoms with Crippen LogP contribution in [0.3, 0.4) is 0 Å². The van der Waals surface area contributed by atoms with E-state index >= 15 is 0 Å². The second-order valence-corrected chi connectivity index (χ2v) is 7.97. The summed E-state index contributed by atoms with van der Waals surface area (Å²) in [5, 5.41) is 8.11. The topological polar surface area (TPSA) is 102 Å². The first-order valence-corrected chi connectivity index (χ1v) is 8.55. The van der Waals surface area contributed by atoms with Gasteiger partial charge in [-0.3, -0.25) is 4.79 Å². The molecule has 1 aromatic heterocycles. The molecule has 1 amide bonds. The van der Waals surface area contributed by atoms with Gasteiger partial charge in [-0.25, -0.2) is 18.5 Å². The second kappa shape index (κ2) is 4.26. The summed E-state index contributed by atoms with van der Waals surface area (Å²) < 4.78 is 22.6. The van der Waals surface area contributed by atoms with Gasteiger partial charge in [0.15, 0.2) is 9.34 Å². The molecule has 104 valence electrons. The molecular formula is C11H15N3O3S2. The van der Waals surface area contributed by atoms with Crippen molar-refractivity contribution in [2.45, 2.75) is 30.4 Å². The summed E-state index contributed by atoms with van der Waals surface area (Å²) in [6, 6.07) is 0. The Hall–Kier alpha value is -0.990. The van der Waals surface area contributed by atoms with Gasteiger partial charge in [0.2, 0.25) is 15.9 Å². The fourth-order valence-corrected chi connectivity index (χ4v) is 4.96. The number of nitrogens with zero attached hydrogens (tertiary/aromatic N) is 1. The van der Waals surface area contributed by atoms with E-state index in [-0.39, 0.29) is 16.0 Å². The Balaban J connectivity index is 1.72. The molecule has 0 radical (unpaired) electrons. The van der Waals surface area contributed by atoms with Crippen molar-refractivity contribution >= 4 is 32.4 Å². The molecule has 8 heteroatoms. The predicted octanol–water partition coefficient (Wildman–Crippen LogP) is 1.08. The molecule has 1 aromatic rings. The third kappa shape index (κ3) is 2.28. The number of hydrogen-bond donors (Lipinski definition) is 2. The fraction of sp³-hybridized carbons (Fsp3) is 0.636. The quantitative estimate of drug-likeness (QED) is 0.872. The number of aryl methyl sites for hydroxylation is 1. The fourth-order valence-electron chi connectivity index (χ4n) is 3.10. The maximum Gasteiger partial charge on any atom is 0.249 e. The van der Waals surface area contributed by atoms with E-state index in [2.05, 4.69) is 10.3 Å². The Kier molecular flexibility index (Phi) is 2.91. The van der Waals surface area contributed by atoms with Crippen molar-refractivity contribution in [1.82, 2.24) is 4.98 Å². The van der Waals surface area contributed by atoms with Crippen LogP contribution in [0.2, 0.25) is 0 Å². The van der Waals surface area contributed by atoms with Gasteiger partial charge in [-0.2, -0.15) is 0 Å². The number of aromatic nitrogens is 1. The van der Waals surface area contributed by atoms with Crippen LogP contribution in [-0.2, 0) is 14.8 Å².